The average molecular weight is 1620 g/mol. The molecule has 0 radical (unpaired) electrons. The van der Waals surface area contributed by atoms with Gasteiger partial charge in [-0.3, -0.25) is 0 Å². The van der Waals surface area contributed by atoms with Crippen molar-refractivity contribution < 1.29 is 78.0 Å². The van der Waals surface area contributed by atoms with Crippen LogP contribution in [0.2, 0.25) is 0 Å². The van der Waals surface area contributed by atoms with Crippen LogP contribution >= 0.6 is 0 Å². The van der Waals surface area contributed by atoms with Crippen molar-refractivity contribution in [2.75, 3.05) is 48.5 Å². The van der Waals surface area contributed by atoms with Crippen LogP contribution in [0.5, 0.6) is 0 Å². The first kappa shape index (κ1) is 62.4. The van der Waals surface area contributed by atoms with Gasteiger partial charge in [-0.2, -0.15) is 0 Å². The Hall–Kier alpha value is -10.9. The van der Waals surface area contributed by atoms with Gasteiger partial charge >= 0.3 is 0 Å². The van der Waals surface area contributed by atoms with Crippen LogP contribution in [0.15, 0.2) is 121 Å². The van der Waals surface area contributed by atoms with E-state index >= 15 is 0 Å². The third-order valence-corrected chi connectivity index (χ3v) is 17.6. The Labute approximate surface area is 709 Å². The van der Waals surface area contributed by atoms with Gasteiger partial charge in [-0.1, -0.05) is 91.0 Å². The van der Waals surface area contributed by atoms with E-state index in [9.17, 15) is 25.5 Å². The van der Waals surface area contributed by atoms with Crippen molar-refractivity contribution >= 4 is 139 Å². The van der Waals surface area contributed by atoms with Crippen LogP contribution in [-0.2, 0) is 89.3 Å². The molecule has 30 heteroatoms. The number of hydrogen-bond acceptors (Lipinski definition) is 25. The standard InChI is InChI=1S/2C18H24N4O2.3C17H22N4O2/c2*1-11(2)24-9-14-21-15-16(22(14)10-18(3,4)23)12-7-5-6-8-13(12)20-17(15)19;3*1-4-23-9-13-20-14-15(21(13)10-17(2,3)22)11-7-5-6-8-12(11)19-16(14)18/h2*5-8,11,23H,9-10H2,1-4H3,(H2,19,20);3*5-8,22H,4,9-10H2,1-3H3,(H2,18,19)/i1D3,11D;11D;2D3,3D3,10D2;2D3,3D3;9D2. The summed E-state index contributed by atoms with van der Waals surface area (Å²) in [5, 5.41) is 56.4. The Morgan fingerprint density at radius 2 is 0.607 bits per heavy atom. The molecule has 0 amide bonds. The van der Waals surface area contributed by atoms with E-state index in [2.05, 4.69) is 49.8 Å². The predicted molar refractivity (Wildman–Crippen MR) is 465 cm³/mol. The topological polar surface area (TPSA) is 431 Å². The fourth-order valence-electron chi connectivity index (χ4n) is 13.2. The van der Waals surface area contributed by atoms with Gasteiger partial charge in [0.1, 0.15) is 89.7 Å². The lowest BCUT2D eigenvalue weighted by atomic mass is 10.1. The number of para-hydroxylation sites is 5. The number of anilines is 5. The van der Waals surface area contributed by atoms with Crippen molar-refractivity contribution in [3.63, 3.8) is 0 Å². The summed E-state index contributed by atoms with van der Waals surface area (Å²) in [7, 11) is 0. The lowest BCUT2D eigenvalue weighted by Crippen LogP contribution is -2.27. The van der Waals surface area contributed by atoms with Gasteiger partial charge in [-0.15, -0.1) is 0 Å². The van der Waals surface area contributed by atoms with Crippen LogP contribution in [0.3, 0.4) is 0 Å². The molecule has 0 saturated carbocycles. The molecule has 0 aliphatic rings. The number of pyridine rings is 5. The highest BCUT2D eigenvalue weighted by Crippen LogP contribution is 2.37. The van der Waals surface area contributed by atoms with Gasteiger partial charge in [0.25, 0.3) is 0 Å². The number of aromatic nitrogens is 15. The smallest absolute Gasteiger partial charge is 0.152 e. The molecular weight excluding hydrogens is 1490 g/mol. The molecule has 117 heavy (non-hydrogen) atoms. The Morgan fingerprint density at radius 1 is 0.350 bits per heavy atom. The molecule has 15 aromatic rings. The van der Waals surface area contributed by atoms with Crippen molar-refractivity contribution in [1.82, 2.24) is 72.7 Å². The maximum Gasteiger partial charge on any atom is 0.152 e. The number of ether oxygens (including phenoxy) is 5. The number of rotatable bonds is 25. The van der Waals surface area contributed by atoms with E-state index < -0.39 is 94.0 Å². The van der Waals surface area contributed by atoms with Gasteiger partial charge in [-0.05, 0) is 148 Å². The highest BCUT2D eigenvalue weighted by Gasteiger charge is 2.29. The van der Waals surface area contributed by atoms with Crippen molar-refractivity contribution in [2.45, 2.75) is 223 Å². The lowest BCUT2D eigenvalue weighted by Gasteiger charge is -2.21. The van der Waals surface area contributed by atoms with Crippen molar-refractivity contribution in [3.05, 3.63) is 150 Å². The van der Waals surface area contributed by atoms with Gasteiger partial charge in [0.2, 0.25) is 0 Å². The van der Waals surface area contributed by atoms with Crippen LogP contribution in [-0.4, -0.2) is 158 Å². The van der Waals surface area contributed by atoms with Gasteiger partial charge in [-0.25, -0.2) is 49.8 Å². The summed E-state index contributed by atoms with van der Waals surface area (Å²) < 4.78 is 199. The Balaban J connectivity index is 0.000000166. The van der Waals surface area contributed by atoms with Crippen LogP contribution < -0.4 is 28.7 Å². The highest BCUT2D eigenvalue weighted by atomic mass is 16.5. The molecule has 0 bridgehead atoms. The molecule has 0 fully saturated rings. The highest BCUT2D eigenvalue weighted by molar-refractivity contribution is 6.10. The second kappa shape index (κ2) is 35.9. The molecule has 10 aromatic heterocycles. The number of nitrogens with two attached hydrogens (primary N) is 5. The average Bonchev–Trinajstić information content (AvgIpc) is 1.45. The second-order valence-electron chi connectivity index (χ2n) is 29.8. The summed E-state index contributed by atoms with van der Waals surface area (Å²) in [5.74, 6) is 2.00. The number of fused-ring (bicyclic) bond motifs is 15. The quantitative estimate of drug-likeness (QED) is 0.0254. The van der Waals surface area contributed by atoms with E-state index in [1.165, 1.54) is 11.5 Å². The van der Waals surface area contributed by atoms with Crippen LogP contribution in [0.4, 0.5) is 29.1 Å². The third kappa shape index (κ3) is 20.9. The summed E-state index contributed by atoms with van der Waals surface area (Å²) in [4.78, 5) is 43.9. The van der Waals surface area contributed by atoms with E-state index in [-0.39, 0.29) is 110 Å². The molecule has 15 N–H and O–H groups in total. The molecular formula is C87H114N20O10. The van der Waals surface area contributed by atoms with Gasteiger partial charge in [0, 0.05) is 67.3 Å². The number of nitrogens with zero attached hydrogens (tertiary/aromatic N) is 15. The van der Waals surface area contributed by atoms with Crippen molar-refractivity contribution in [1.29, 1.82) is 0 Å². The summed E-state index contributed by atoms with van der Waals surface area (Å²) in [6.45, 7) is -1.57. The Bertz CT molecular complexity index is 6920. The first-order chi connectivity index (χ1) is 63.6. The van der Waals surface area contributed by atoms with Gasteiger partial charge in [0.15, 0.2) is 29.1 Å². The third-order valence-electron chi connectivity index (χ3n) is 17.6. The molecule has 0 aliphatic heterocycles. The zero-order valence-electron chi connectivity index (χ0n) is 88.2. The first-order valence-corrected chi connectivity index (χ1v) is 37.5. The molecule has 10 heterocycles. The number of imidazole rings is 5. The zero-order valence-corrected chi connectivity index (χ0v) is 67.2. The number of nitrogen functional groups attached to an aromatic ring is 5. The van der Waals surface area contributed by atoms with E-state index in [4.69, 9.17) is 81.1 Å². The predicted octanol–water partition coefficient (Wildman–Crippen LogP) is 13.1. The fourth-order valence-corrected chi connectivity index (χ4v) is 13.2. The number of aliphatic hydroxyl groups is 5. The number of hydrogen-bond donors (Lipinski definition) is 10. The van der Waals surface area contributed by atoms with Crippen LogP contribution in [0, 0.1) is 0 Å². The lowest BCUT2D eigenvalue weighted by molar-refractivity contribution is 0.0454. The van der Waals surface area contributed by atoms with Gasteiger partial charge in [0.05, 0.1) is 136 Å². The van der Waals surface area contributed by atoms with Gasteiger partial charge < -0.3 is 101 Å². The molecule has 1 atom stereocenters. The minimum atomic E-state index is -3.78. The maximum absolute atomic E-state index is 11.0. The normalized spacial score (nSPS) is 16.5. The van der Waals surface area contributed by atoms with Crippen molar-refractivity contribution in [3.8, 4) is 0 Å². The SMILES string of the molecule is [2H]C(C)(C)OCc1nc2c(N)nc3ccccc3c2n1CC(C)(C)O.[2H]C([2H])(OCC)c1nc2c(N)nc3ccccc3c2n1CC(C)(C)O.[2H]C([2H])([2H])C(O)(C([2H])([2H])[2H])C([2H])([2H])n1c(COCC)nc2c(N)nc3ccccc3c21.[2H]C([2H])([2H])C(O)(Cn1c(COCC)nc2c(N)nc3ccccc3c21)C([2H])([2H])[2H].[2H]C([2H])([2H])C([2H])(C)OCc1nc2c(N)nc3ccccc3c2n1CC(C)(C)O. The van der Waals surface area contributed by atoms with E-state index in [0.29, 0.717) is 96.6 Å². The molecule has 0 saturated heterocycles. The largest absolute Gasteiger partial charge is 0.389 e. The fraction of sp³-hybridized carbons (Fsp3) is 0.425. The Kier molecular flexibility index (Phi) is 19.1. The maximum atomic E-state index is 11.0. The van der Waals surface area contributed by atoms with Crippen LogP contribution in [0.25, 0.3) is 110 Å². The minimum Gasteiger partial charge on any atom is -0.389 e. The monoisotopic (exact) mass is 1620 g/mol. The minimum absolute atomic E-state index is 0.00901. The van der Waals surface area contributed by atoms with E-state index in [1.54, 1.807) is 134 Å². The molecule has 30 nitrogen and oxygen atoms in total. The summed E-state index contributed by atoms with van der Waals surface area (Å²) in [6, 6.07) is 36.1. The summed E-state index contributed by atoms with van der Waals surface area (Å²) in [5.41, 5.74) is 27.9. The van der Waals surface area contributed by atoms with Crippen LogP contribution in [0.1, 0.15) is 175 Å². The second-order valence-corrected chi connectivity index (χ2v) is 29.8. The summed E-state index contributed by atoms with van der Waals surface area (Å²) >= 11 is 0. The zero-order chi connectivity index (χ0) is 103. The first-order valence-electron chi connectivity index (χ1n) is 48.0. The number of benzene rings is 5. The van der Waals surface area contributed by atoms with E-state index in [0.717, 1.165) is 31.8 Å². The summed E-state index contributed by atoms with van der Waals surface area (Å²) in [6.07, 6.45) is -3.14. The molecule has 0 spiro atoms. The molecule has 622 valence electrons. The molecule has 1 unspecified atom stereocenters. The Morgan fingerprint density at radius 3 is 0.889 bits per heavy atom. The van der Waals surface area contributed by atoms with E-state index in [1.807, 2.05) is 77.4 Å². The molecule has 0 aliphatic carbocycles. The van der Waals surface area contributed by atoms with Crippen molar-refractivity contribution in [2.24, 2.45) is 0 Å². The molecule has 15 rings (SSSR count). The molecule has 5 aromatic carbocycles.